The normalized spacial score (nSPS) is 16.1. The molecule has 0 aromatic heterocycles. The molecule has 0 radical (unpaired) electrons. The van der Waals surface area contributed by atoms with Gasteiger partial charge in [0.15, 0.2) is 5.78 Å². The molecule has 1 fully saturated rings. The zero-order chi connectivity index (χ0) is 21.7. The van der Waals surface area contributed by atoms with Crippen molar-refractivity contribution in [1.82, 2.24) is 4.90 Å². The van der Waals surface area contributed by atoms with Crippen molar-refractivity contribution >= 4 is 17.4 Å². The first-order valence-electron chi connectivity index (χ1n) is 10.8. The number of aryl methyl sites for hydroxylation is 2. The summed E-state index contributed by atoms with van der Waals surface area (Å²) in [5.74, 6) is 0.981. The van der Waals surface area contributed by atoms with E-state index in [4.69, 9.17) is 4.74 Å². The van der Waals surface area contributed by atoms with Crippen molar-refractivity contribution in [2.75, 3.05) is 25.0 Å². The Bertz CT molecular complexity index is 864. The summed E-state index contributed by atoms with van der Waals surface area (Å²) in [6.07, 6.45) is 1.54. The zero-order valence-corrected chi connectivity index (χ0v) is 18.4. The van der Waals surface area contributed by atoms with Crippen molar-refractivity contribution in [3.8, 4) is 5.75 Å². The molecule has 0 spiro atoms. The van der Waals surface area contributed by atoms with Crippen LogP contribution in [0.2, 0.25) is 0 Å². The number of anilines is 1. The third kappa shape index (κ3) is 5.08. The van der Waals surface area contributed by atoms with Gasteiger partial charge in [0.1, 0.15) is 5.75 Å². The predicted molar refractivity (Wildman–Crippen MR) is 120 cm³/mol. The highest BCUT2D eigenvalue weighted by Crippen LogP contribution is 2.25. The Hall–Kier alpha value is -2.66. The summed E-state index contributed by atoms with van der Waals surface area (Å²) in [6.45, 7) is 9.99. The number of nitrogens with zero attached hydrogens (tertiary/aromatic N) is 1. The molecule has 5 nitrogen and oxygen atoms in total. The molecule has 1 amide bonds. The lowest BCUT2D eigenvalue weighted by atomic mass is 9.88. The van der Waals surface area contributed by atoms with E-state index < -0.39 is 0 Å². The van der Waals surface area contributed by atoms with E-state index in [1.165, 1.54) is 0 Å². The number of Topliss-reactive ketones (excluding diaryl/α,β-unsaturated/α-hetero) is 1. The summed E-state index contributed by atoms with van der Waals surface area (Å²) in [7, 11) is 0. The number of rotatable bonds is 7. The molecule has 0 saturated carbocycles. The van der Waals surface area contributed by atoms with Crippen LogP contribution >= 0.6 is 0 Å². The second kappa shape index (κ2) is 9.90. The Morgan fingerprint density at radius 2 is 1.67 bits per heavy atom. The summed E-state index contributed by atoms with van der Waals surface area (Å²) >= 11 is 0. The molecule has 0 aliphatic carbocycles. The van der Waals surface area contributed by atoms with Gasteiger partial charge in [-0.25, -0.2) is 0 Å². The third-order valence-electron chi connectivity index (χ3n) is 6.01. The lowest BCUT2D eigenvalue weighted by Gasteiger charge is -2.35. The number of benzene rings is 2. The third-order valence-corrected chi connectivity index (χ3v) is 6.01. The van der Waals surface area contributed by atoms with Crippen LogP contribution in [0.25, 0.3) is 0 Å². The van der Waals surface area contributed by atoms with Crippen LogP contribution in [0, 0.1) is 19.8 Å². The number of amides is 1. The minimum absolute atomic E-state index is 0.00342. The van der Waals surface area contributed by atoms with Gasteiger partial charge in [-0.3, -0.25) is 14.5 Å². The average Bonchev–Trinajstić information content (AvgIpc) is 2.76. The van der Waals surface area contributed by atoms with Gasteiger partial charge >= 0.3 is 0 Å². The second-order valence-electron chi connectivity index (χ2n) is 8.06. The van der Waals surface area contributed by atoms with Crippen molar-refractivity contribution < 1.29 is 14.3 Å². The summed E-state index contributed by atoms with van der Waals surface area (Å²) in [4.78, 5) is 27.8. The van der Waals surface area contributed by atoms with Gasteiger partial charge < -0.3 is 10.1 Å². The number of nitrogens with one attached hydrogen (secondary N) is 1. The van der Waals surface area contributed by atoms with E-state index in [-0.39, 0.29) is 23.7 Å². The fourth-order valence-electron chi connectivity index (χ4n) is 4.07. The number of para-hydroxylation sites is 1. The Labute approximate surface area is 179 Å². The van der Waals surface area contributed by atoms with E-state index in [0.29, 0.717) is 6.61 Å². The molecule has 1 aliphatic rings. The summed E-state index contributed by atoms with van der Waals surface area (Å²) < 4.78 is 5.45. The lowest BCUT2D eigenvalue weighted by Crippen LogP contribution is -2.47. The number of ketones is 1. The molecule has 30 heavy (non-hydrogen) atoms. The van der Waals surface area contributed by atoms with Gasteiger partial charge in [0.25, 0.3) is 0 Å². The molecular weight excluding hydrogens is 376 g/mol. The monoisotopic (exact) mass is 408 g/mol. The molecule has 1 unspecified atom stereocenters. The van der Waals surface area contributed by atoms with E-state index in [2.05, 4.69) is 10.2 Å². The first kappa shape index (κ1) is 22.0. The number of carbonyl (C=O) groups excluding carboxylic acids is 2. The smallest absolute Gasteiger partial charge is 0.241 e. The van der Waals surface area contributed by atoms with Gasteiger partial charge in [0.2, 0.25) is 5.91 Å². The van der Waals surface area contributed by atoms with Gasteiger partial charge in [-0.05, 0) is 89.0 Å². The maximum absolute atomic E-state index is 12.9. The van der Waals surface area contributed by atoms with Gasteiger partial charge in [0, 0.05) is 17.2 Å². The standard InChI is InChI=1S/C25H32N2O3/c1-5-30-22-11-9-20(10-12-22)24(28)21-13-15-27(16-14-21)19(4)25(29)26-23-17(2)7-6-8-18(23)3/h6-12,19,21H,5,13-16H2,1-4H3,(H,26,29). The van der Waals surface area contributed by atoms with E-state index in [1.807, 2.05) is 70.2 Å². The van der Waals surface area contributed by atoms with E-state index in [0.717, 1.165) is 54.1 Å². The van der Waals surface area contributed by atoms with Gasteiger partial charge in [0.05, 0.1) is 12.6 Å². The van der Waals surface area contributed by atoms with Crippen LogP contribution in [0.3, 0.4) is 0 Å². The maximum atomic E-state index is 12.9. The predicted octanol–water partition coefficient (Wildman–Crippen LogP) is 4.62. The molecule has 1 atom stereocenters. The highest BCUT2D eigenvalue weighted by atomic mass is 16.5. The Morgan fingerprint density at radius 1 is 1.07 bits per heavy atom. The first-order chi connectivity index (χ1) is 14.4. The van der Waals surface area contributed by atoms with Crippen LogP contribution in [0.5, 0.6) is 5.75 Å². The molecule has 0 bridgehead atoms. The van der Waals surface area contributed by atoms with Gasteiger partial charge in [-0.2, -0.15) is 0 Å². The summed E-state index contributed by atoms with van der Waals surface area (Å²) in [5.41, 5.74) is 3.76. The zero-order valence-electron chi connectivity index (χ0n) is 18.4. The highest BCUT2D eigenvalue weighted by Gasteiger charge is 2.30. The fraction of sp³-hybridized carbons (Fsp3) is 0.440. The topological polar surface area (TPSA) is 58.6 Å². The molecule has 1 aliphatic heterocycles. The van der Waals surface area contributed by atoms with Crippen molar-refractivity contribution in [3.63, 3.8) is 0 Å². The number of likely N-dealkylation sites (tertiary alicyclic amines) is 1. The van der Waals surface area contributed by atoms with Crippen molar-refractivity contribution in [2.45, 2.75) is 46.6 Å². The van der Waals surface area contributed by atoms with Crippen LogP contribution in [0.15, 0.2) is 42.5 Å². The number of piperidine rings is 1. The van der Waals surface area contributed by atoms with Gasteiger partial charge in [-0.1, -0.05) is 18.2 Å². The Balaban J connectivity index is 1.55. The van der Waals surface area contributed by atoms with Crippen LogP contribution < -0.4 is 10.1 Å². The van der Waals surface area contributed by atoms with E-state index in [1.54, 1.807) is 0 Å². The molecule has 2 aromatic carbocycles. The van der Waals surface area contributed by atoms with Gasteiger partial charge in [-0.15, -0.1) is 0 Å². The average molecular weight is 409 g/mol. The quantitative estimate of drug-likeness (QED) is 0.679. The van der Waals surface area contributed by atoms with Crippen molar-refractivity contribution in [2.24, 2.45) is 5.92 Å². The number of hydrogen-bond donors (Lipinski definition) is 1. The second-order valence-corrected chi connectivity index (χ2v) is 8.06. The summed E-state index contributed by atoms with van der Waals surface area (Å²) in [6, 6.07) is 13.2. The lowest BCUT2D eigenvalue weighted by molar-refractivity contribution is -0.121. The van der Waals surface area contributed by atoms with Crippen LogP contribution in [0.1, 0.15) is 48.2 Å². The van der Waals surface area contributed by atoms with Crippen LogP contribution in [0.4, 0.5) is 5.69 Å². The Morgan fingerprint density at radius 3 is 2.23 bits per heavy atom. The maximum Gasteiger partial charge on any atom is 0.241 e. The van der Waals surface area contributed by atoms with E-state index in [9.17, 15) is 9.59 Å². The number of ether oxygens (including phenoxy) is 1. The SMILES string of the molecule is CCOc1ccc(C(=O)C2CCN(C(C)C(=O)Nc3c(C)cccc3C)CC2)cc1. The van der Waals surface area contributed by atoms with Crippen molar-refractivity contribution in [3.05, 3.63) is 59.2 Å². The molecule has 5 heteroatoms. The van der Waals surface area contributed by atoms with Crippen molar-refractivity contribution in [1.29, 1.82) is 0 Å². The van der Waals surface area contributed by atoms with E-state index >= 15 is 0 Å². The fourth-order valence-corrected chi connectivity index (χ4v) is 4.07. The molecule has 1 N–H and O–H groups in total. The first-order valence-corrected chi connectivity index (χ1v) is 10.8. The molecule has 160 valence electrons. The minimum atomic E-state index is -0.231. The molecule has 3 rings (SSSR count). The Kier molecular flexibility index (Phi) is 7.27. The highest BCUT2D eigenvalue weighted by molar-refractivity contribution is 5.98. The summed E-state index contributed by atoms with van der Waals surface area (Å²) in [5, 5.41) is 3.09. The molecule has 1 heterocycles. The minimum Gasteiger partial charge on any atom is -0.494 e. The molecule has 1 saturated heterocycles. The molecule has 2 aromatic rings. The van der Waals surface area contributed by atoms with Crippen LogP contribution in [-0.2, 0) is 4.79 Å². The van der Waals surface area contributed by atoms with Crippen LogP contribution in [-0.4, -0.2) is 42.3 Å². The number of carbonyl (C=O) groups is 2. The molecular formula is C25H32N2O3. The number of hydrogen-bond acceptors (Lipinski definition) is 4. The largest absolute Gasteiger partial charge is 0.494 e.